The molecule has 88 valence electrons. The van der Waals surface area contributed by atoms with Gasteiger partial charge in [-0.25, -0.2) is 0 Å². The first kappa shape index (κ1) is 10.9. The van der Waals surface area contributed by atoms with Crippen LogP contribution in [0.5, 0.6) is 23.0 Å². The van der Waals surface area contributed by atoms with E-state index in [4.69, 9.17) is 0 Å². The summed E-state index contributed by atoms with van der Waals surface area (Å²) in [6.07, 6.45) is 0. The molecule has 2 aromatic carbocycles. The van der Waals surface area contributed by atoms with E-state index >= 15 is 0 Å². The lowest BCUT2D eigenvalue weighted by Gasteiger charge is -2.09. The molecule has 0 fully saturated rings. The van der Waals surface area contributed by atoms with Crippen LogP contribution in [0.1, 0.15) is 0 Å². The van der Waals surface area contributed by atoms with Crippen molar-refractivity contribution in [2.24, 2.45) is 0 Å². The number of aromatic hydroxyl groups is 4. The van der Waals surface area contributed by atoms with Gasteiger partial charge in [-0.2, -0.15) is 0 Å². The van der Waals surface area contributed by atoms with Crippen LogP contribution >= 0.6 is 0 Å². The van der Waals surface area contributed by atoms with Gasteiger partial charge in [0.1, 0.15) is 23.0 Å². The molecule has 5 heteroatoms. The maximum Gasteiger partial charge on any atom is 0.139 e. The molecular weight excluding hydrogens is 222 g/mol. The lowest BCUT2D eigenvalue weighted by atomic mass is 10.2. The van der Waals surface area contributed by atoms with E-state index in [-0.39, 0.29) is 28.7 Å². The van der Waals surface area contributed by atoms with Gasteiger partial charge in [0.25, 0.3) is 0 Å². The molecule has 5 N–H and O–H groups in total. The third-order valence-corrected chi connectivity index (χ3v) is 2.16. The molecule has 0 unspecified atom stereocenters. The van der Waals surface area contributed by atoms with Crippen molar-refractivity contribution in [3.8, 4) is 23.0 Å². The highest BCUT2D eigenvalue weighted by Crippen LogP contribution is 2.32. The molecule has 2 aromatic rings. The van der Waals surface area contributed by atoms with Crippen molar-refractivity contribution in [3.63, 3.8) is 0 Å². The van der Waals surface area contributed by atoms with Gasteiger partial charge < -0.3 is 25.7 Å². The summed E-state index contributed by atoms with van der Waals surface area (Å²) in [6.45, 7) is 0. The normalized spacial score (nSPS) is 10.1. The van der Waals surface area contributed by atoms with E-state index in [2.05, 4.69) is 5.32 Å². The van der Waals surface area contributed by atoms with Crippen molar-refractivity contribution in [2.75, 3.05) is 5.32 Å². The van der Waals surface area contributed by atoms with Crippen molar-refractivity contribution >= 4 is 11.4 Å². The molecule has 0 aliphatic rings. The Hall–Kier alpha value is -2.56. The number of phenols is 4. The Balaban J connectivity index is 2.34. The molecule has 0 spiro atoms. The summed E-state index contributed by atoms with van der Waals surface area (Å²) in [5.41, 5.74) is 0.665. The number of anilines is 2. The predicted molar refractivity (Wildman–Crippen MR) is 62.8 cm³/mol. The summed E-state index contributed by atoms with van der Waals surface area (Å²) in [5.74, 6) is -0.264. The van der Waals surface area contributed by atoms with Gasteiger partial charge in [0.05, 0.1) is 5.69 Å². The molecular formula is C12H11NO4. The van der Waals surface area contributed by atoms with Crippen LogP contribution in [0.4, 0.5) is 11.4 Å². The molecule has 17 heavy (non-hydrogen) atoms. The van der Waals surface area contributed by atoms with Gasteiger partial charge in [-0.3, -0.25) is 0 Å². The van der Waals surface area contributed by atoms with Crippen molar-refractivity contribution in [1.29, 1.82) is 0 Å². The molecule has 0 aromatic heterocycles. The van der Waals surface area contributed by atoms with Crippen molar-refractivity contribution < 1.29 is 20.4 Å². The van der Waals surface area contributed by atoms with Crippen LogP contribution in [0.3, 0.4) is 0 Å². The Bertz CT molecular complexity index is 534. The summed E-state index contributed by atoms with van der Waals surface area (Å²) >= 11 is 0. The molecule has 0 bridgehead atoms. The zero-order valence-electron chi connectivity index (χ0n) is 8.75. The minimum absolute atomic E-state index is 0.00493. The molecule has 0 saturated heterocycles. The minimum atomic E-state index is -0.104. The predicted octanol–water partition coefficient (Wildman–Crippen LogP) is 2.25. The summed E-state index contributed by atoms with van der Waals surface area (Å²) in [7, 11) is 0. The number of hydrogen-bond acceptors (Lipinski definition) is 5. The van der Waals surface area contributed by atoms with E-state index in [9.17, 15) is 20.4 Å². The highest BCUT2D eigenvalue weighted by molar-refractivity contribution is 5.69. The average molecular weight is 233 g/mol. The first-order valence-electron chi connectivity index (χ1n) is 4.86. The third kappa shape index (κ3) is 2.52. The van der Waals surface area contributed by atoms with Gasteiger partial charge in [0, 0.05) is 30.0 Å². The zero-order chi connectivity index (χ0) is 12.4. The van der Waals surface area contributed by atoms with Crippen LogP contribution in [-0.4, -0.2) is 20.4 Å². The Morgan fingerprint density at radius 2 is 1.35 bits per heavy atom. The van der Waals surface area contributed by atoms with Crippen LogP contribution in [0.2, 0.25) is 0 Å². The molecule has 5 nitrogen and oxygen atoms in total. The number of phenolic OH excluding ortho intramolecular Hbond substituents is 4. The van der Waals surface area contributed by atoms with Gasteiger partial charge in [-0.05, 0) is 12.1 Å². The van der Waals surface area contributed by atoms with E-state index in [1.807, 2.05) is 0 Å². The maximum atomic E-state index is 9.54. The fourth-order valence-electron chi connectivity index (χ4n) is 1.45. The largest absolute Gasteiger partial charge is 0.508 e. The Kier molecular flexibility index (Phi) is 2.66. The van der Waals surface area contributed by atoms with Crippen LogP contribution in [0, 0.1) is 0 Å². The highest BCUT2D eigenvalue weighted by Gasteiger charge is 2.04. The maximum absolute atomic E-state index is 9.54. The second-order valence-electron chi connectivity index (χ2n) is 3.56. The topological polar surface area (TPSA) is 93.0 Å². The Morgan fingerprint density at radius 3 is 2.00 bits per heavy atom. The smallest absolute Gasteiger partial charge is 0.139 e. The lowest BCUT2D eigenvalue weighted by molar-refractivity contribution is 0.451. The van der Waals surface area contributed by atoms with E-state index in [1.54, 1.807) is 0 Å². The standard InChI is InChI=1S/C12H11NO4/c14-8-1-2-12(17)11(6-8)13-7-3-9(15)5-10(16)4-7/h1-6,13-17H. The van der Waals surface area contributed by atoms with Crippen molar-refractivity contribution in [3.05, 3.63) is 36.4 Å². The van der Waals surface area contributed by atoms with E-state index in [1.165, 1.54) is 36.4 Å². The molecule has 2 rings (SSSR count). The molecule has 0 heterocycles. The summed E-state index contributed by atoms with van der Waals surface area (Å²) in [6, 6.07) is 7.96. The minimum Gasteiger partial charge on any atom is -0.508 e. The van der Waals surface area contributed by atoms with E-state index in [0.29, 0.717) is 5.69 Å². The monoisotopic (exact) mass is 233 g/mol. The fraction of sp³-hybridized carbons (Fsp3) is 0. The second kappa shape index (κ2) is 4.13. The van der Waals surface area contributed by atoms with E-state index in [0.717, 1.165) is 0 Å². The quantitative estimate of drug-likeness (QED) is 0.405. The number of benzene rings is 2. The molecule has 0 radical (unpaired) electrons. The SMILES string of the molecule is Oc1cc(O)cc(Nc2cc(O)ccc2O)c1. The summed E-state index contributed by atoms with van der Waals surface area (Å²) in [5, 5.41) is 40.1. The van der Waals surface area contributed by atoms with Crippen LogP contribution in [-0.2, 0) is 0 Å². The first-order chi connectivity index (χ1) is 8.04. The van der Waals surface area contributed by atoms with Crippen LogP contribution in [0.15, 0.2) is 36.4 Å². The third-order valence-electron chi connectivity index (χ3n) is 2.16. The first-order valence-corrected chi connectivity index (χ1v) is 4.86. The van der Waals surface area contributed by atoms with Crippen LogP contribution < -0.4 is 5.32 Å². The number of rotatable bonds is 2. The molecule has 0 atom stereocenters. The average Bonchev–Trinajstić information content (AvgIpc) is 2.22. The molecule has 0 amide bonds. The van der Waals surface area contributed by atoms with Crippen molar-refractivity contribution in [1.82, 2.24) is 0 Å². The van der Waals surface area contributed by atoms with Gasteiger partial charge in [-0.15, -0.1) is 0 Å². The van der Waals surface area contributed by atoms with E-state index < -0.39 is 0 Å². The zero-order valence-corrected chi connectivity index (χ0v) is 8.75. The number of hydrogen-bond donors (Lipinski definition) is 5. The number of nitrogens with one attached hydrogen (secondary N) is 1. The lowest BCUT2D eigenvalue weighted by Crippen LogP contribution is -1.90. The molecule has 0 saturated carbocycles. The second-order valence-corrected chi connectivity index (χ2v) is 3.56. The van der Waals surface area contributed by atoms with Gasteiger partial charge in [-0.1, -0.05) is 0 Å². The highest BCUT2D eigenvalue weighted by atomic mass is 16.3. The van der Waals surface area contributed by atoms with Crippen LogP contribution in [0.25, 0.3) is 0 Å². The molecule has 0 aliphatic carbocycles. The Morgan fingerprint density at radius 1 is 0.706 bits per heavy atom. The fourth-order valence-corrected chi connectivity index (χ4v) is 1.45. The Labute approximate surface area is 97.2 Å². The summed E-state index contributed by atoms with van der Waals surface area (Å²) < 4.78 is 0. The summed E-state index contributed by atoms with van der Waals surface area (Å²) in [4.78, 5) is 0. The van der Waals surface area contributed by atoms with Gasteiger partial charge >= 0.3 is 0 Å². The van der Waals surface area contributed by atoms with Gasteiger partial charge in [0.15, 0.2) is 0 Å². The molecule has 0 aliphatic heterocycles. The van der Waals surface area contributed by atoms with Gasteiger partial charge in [0.2, 0.25) is 0 Å². The van der Waals surface area contributed by atoms with Crippen molar-refractivity contribution in [2.45, 2.75) is 0 Å².